The van der Waals surface area contributed by atoms with Crippen LogP contribution in [0.2, 0.25) is 0 Å². The molecule has 1 aromatic rings. The highest BCUT2D eigenvalue weighted by Gasteiger charge is 2.22. The zero-order valence-corrected chi connectivity index (χ0v) is 13.2. The first-order valence-electron chi connectivity index (χ1n) is 7.83. The van der Waals surface area contributed by atoms with Crippen molar-refractivity contribution in [2.75, 3.05) is 13.7 Å². The highest BCUT2D eigenvalue weighted by atomic mass is 16.5. The lowest BCUT2D eigenvalue weighted by Crippen LogP contribution is -2.34. The summed E-state index contributed by atoms with van der Waals surface area (Å²) in [6, 6.07) is 6.87. The maximum absolute atomic E-state index is 11.8. The maximum atomic E-state index is 11.8. The second kappa shape index (κ2) is 7.46. The highest BCUT2D eigenvalue weighted by molar-refractivity contribution is 5.76. The average Bonchev–Trinajstić information content (AvgIpc) is 2.89. The van der Waals surface area contributed by atoms with Gasteiger partial charge in [-0.2, -0.15) is 0 Å². The molecule has 2 N–H and O–H groups in total. The van der Waals surface area contributed by atoms with Crippen LogP contribution in [0.4, 0.5) is 0 Å². The molecule has 2 rings (SSSR count). The SMILES string of the molecule is CCC(C)NC(=O)CCNC1CCc2ccc(OC)cc21. The van der Waals surface area contributed by atoms with Crippen molar-refractivity contribution in [2.24, 2.45) is 0 Å². The van der Waals surface area contributed by atoms with Gasteiger partial charge in [-0.05, 0) is 49.4 Å². The summed E-state index contributed by atoms with van der Waals surface area (Å²) in [5, 5.41) is 6.49. The van der Waals surface area contributed by atoms with E-state index in [2.05, 4.69) is 29.7 Å². The molecule has 0 spiro atoms. The fraction of sp³-hybridized carbons (Fsp3) is 0.588. The smallest absolute Gasteiger partial charge is 0.221 e. The Morgan fingerprint density at radius 2 is 2.29 bits per heavy atom. The van der Waals surface area contributed by atoms with Crippen LogP contribution in [0.1, 0.15) is 50.3 Å². The van der Waals surface area contributed by atoms with Gasteiger partial charge in [-0.3, -0.25) is 4.79 Å². The van der Waals surface area contributed by atoms with Crippen LogP contribution in [0.15, 0.2) is 18.2 Å². The molecule has 21 heavy (non-hydrogen) atoms. The number of ether oxygens (including phenoxy) is 1. The van der Waals surface area contributed by atoms with E-state index in [-0.39, 0.29) is 11.9 Å². The Labute approximate surface area is 127 Å². The van der Waals surface area contributed by atoms with Crippen LogP contribution in [0.25, 0.3) is 0 Å². The third-order valence-electron chi connectivity index (χ3n) is 4.19. The molecule has 0 aliphatic heterocycles. The molecule has 4 heteroatoms. The van der Waals surface area contributed by atoms with Gasteiger partial charge in [-0.15, -0.1) is 0 Å². The Bertz CT molecular complexity index is 488. The largest absolute Gasteiger partial charge is 0.497 e. The third kappa shape index (κ3) is 4.21. The van der Waals surface area contributed by atoms with Crippen molar-refractivity contribution < 1.29 is 9.53 Å². The predicted octanol–water partition coefficient (Wildman–Crippen LogP) is 2.58. The Kier molecular flexibility index (Phi) is 5.62. The van der Waals surface area contributed by atoms with Gasteiger partial charge in [0.2, 0.25) is 5.91 Å². The van der Waals surface area contributed by atoms with E-state index >= 15 is 0 Å². The van der Waals surface area contributed by atoms with Crippen molar-refractivity contribution in [3.63, 3.8) is 0 Å². The van der Waals surface area contributed by atoms with E-state index in [1.165, 1.54) is 11.1 Å². The van der Waals surface area contributed by atoms with Gasteiger partial charge < -0.3 is 15.4 Å². The summed E-state index contributed by atoms with van der Waals surface area (Å²) in [4.78, 5) is 11.8. The van der Waals surface area contributed by atoms with Gasteiger partial charge in [0.25, 0.3) is 0 Å². The first-order valence-corrected chi connectivity index (χ1v) is 7.83. The molecule has 0 aromatic heterocycles. The first kappa shape index (κ1) is 15.8. The van der Waals surface area contributed by atoms with Crippen molar-refractivity contribution in [1.29, 1.82) is 0 Å². The number of methoxy groups -OCH3 is 1. The fourth-order valence-electron chi connectivity index (χ4n) is 2.73. The minimum atomic E-state index is 0.126. The van der Waals surface area contributed by atoms with Crippen LogP contribution in [-0.4, -0.2) is 25.6 Å². The standard InChI is InChI=1S/C17H26N2O2/c1-4-12(2)19-17(20)9-10-18-16-8-6-13-5-7-14(21-3)11-15(13)16/h5,7,11-12,16,18H,4,6,8-10H2,1-3H3,(H,19,20). The third-order valence-corrected chi connectivity index (χ3v) is 4.19. The van der Waals surface area contributed by atoms with Gasteiger partial charge in [0.1, 0.15) is 5.75 Å². The molecular weight excluding hydrogens is 264 g/mol. The Balaban J connectivity index is 1.82. The number of carbonyl (C=O) groups excluding carboxylic acids is 1. The molecule has 1 aliphatic rings. The maximum Gasteiger partial charge on any atom is 0.221 e. The van der Waals surface area contributed by atoms with Crippen molar-refractivity contribution in [1.82, 2.24) is 10.6 Å². The zero-order chi connectivity index (χ0) is 15.2. The van der Waals surface area contributed by atoms with Gasteiger partial charge >= 0.3 is 0 Å². The number of rotatable bonds is 7. The van der Waals surface area contributed by atoms with Crippen molar-refractivity contribution in [3.05, 3.63) is 29.3 Å². The normalized spacial score (nSPS) is 18.1. The van der Waals surface area contributed by atoms with Crippen LogP contribution in [0.5, 0.6) is 5.75 Å². The number of aryl methyl sites for hydroxylation is 1. The lowest BCUT2D eigenvalue weighted by atomic mass is 10.1. The van der Waals surface area contributed by atoms with Crippen LogP contribution < -0.4 is 15.4 Å². The molecule has 116 valence electrons. The second-order valence-corrected chi connectivity index (χ2v) is 5.74. The Morgan fingerprint density at radius 3 is 3.00 bits per heavy atom. The molecule has 4 nitrogen and oxygen atoms in total. The van der Waals surface area contributed by atoms with Gasteiger partial charge in [0.05, 0.1) is 7.11 Å². The molecule has 2 atom stereocenters. The Hall–Kier alpha value is -1.55. The topological polar surface area (TPSA) is 50.4 Å². The van der Waals surface area contributed by atoms with Gasteiger partial charge in [0, 0.05) is 25.0 Å². The van der Waals surface area contributed by atoms with E-state index in [9.17, 15) is 4.79 Å². The van der Waals surface area contributed by atoms with E-state index in [4.69, 9.17) is 4.74 Å². The molecule has 0 saturated carbocycles. The van der Waals surface area contributed by atoms with E-state index in [1.807, 2.05) is 13.0 Å². The van der Waals surface area contributed by atoms with Crippen LogP contribution in [0.3, 0.4) is 0 Å². The summed E-state index contributed by atoms with van der Waals surface area (Å²) >= 11 is 0. The number of benzene rings is 1. The summed E-state index contributed by atoms with van der Waals surface area (Å²) in [6.45, 7) is 4.82. The van der Waals surface area contributed by atoms with Gasteiger partial charge in [0.15, 0.2) is 0 Å². The summed E-state index contributed by atoms with van der Waals surface area (Å²) < 4.78 is 5.29. The quantitative estimate of drug-likeness (QED) is 0.811. The number of hydrogen-bond acceptors (Lipinski definition) is 3. The summed E-state index contributed by atoms with van der Waals surface area (Å²) in [5.41, 5.74) is 2.70. The van der Waals surface area contributed by atoms with E-state index in [0.717, 1.165) is 25.0 Å². The number of hydrogen-bond donors (Lipinski definition) is 2. The van der Waals surface area contributed by atoms with Crippen molar-refractivity contribution in [3.8, 4) is 5.75 Å². The minimum Gasteiger partial charge on any atom is -0.497 e. The number of amides is 1. The minimum absolute atomic E-state index is 0.126. The van der Waals surface area contributed by atoms with Gasteiger partial charge in [-0.1, -0.05) is 13.0 Å². The summed E-state index contributed by atoms with van der Waals surface area (Å²) in [5.74, 6) is 1.03. The fourth-order valence-corrected chi connectivity index (χ4v) is 2.73. The van der Waals surface area contributed by atoms with Crippen molar-refractivity contribution >= 4 is 5.91 Å². The van der Waals surface area contributed by atoms with E-state index in [0.29, 0.717) is 19.0 Å². The lowest BCUT2D eigenvalue weighted by molar-refractivity contribution is -0.121. The van der Waals surface area contributed by atoms with Crippen LogP contribution >= 0.6 is 0 Å². The molecule has 0 heterocycles. The number of fused-ring (bicyclic) bond motifs is 1. The molecule has 1 amide bonds. The highest BCUT2D eigenvalue weighted by Crippen LogP contribution is 2.33. The summed E-state index contributed by atoms with van der Waals surface area (Å²) in [6.07, 6.45) is 3.68. The van der Waals surface area contributed by atoms with Crippen LogP contribution in [-0.2, 0) is 11.2 Å². The monoisotopic (exact) mass is 290 g/mol. The number of nitrogens with one attached hydrogen (secondary N) is 2. The molecule has 0 fully saturated rings. The average molecular weight is 290 g/mol. The molecule has 1 aliphatic carbocycles. The zero-order valence-electron chi connectivity index (χ0n) is 13.2. The molecular formula is C17H26N2O2. The predicted molar refractivity (Wildman–Crippen MR) is 84.6 cm³/mol. The second-order valence-electron chi connectivity index (χ2n) is 5.74. The molecule has 0 radical (unpaired) electrons. The molecule has 1 aromatic carbocycles. The van der Waals surface area contributed by atoms with E-state index in [1.54, 1.807) is 7.11 Å². The number of carbonyl (C=O) groups is 1. The lowest BCUT2D eigenvalue weighted by Gasteiger charge is -2.16. The first-order chi connectivity index (χ1) is 10.1. The van der Waals surface area contributed by atoms with Gasteiger partial charge in [-0.25, -0.2) is 0 Å². The molecule has 0 bridgehead atoms. The van der Waals surface area contributed by atoms with E-state index < -0.39 is 0 Å². The molecule has 2 unspecified atom stereocenters. The summed E-state index contributed by atoms with van der Waals surface area (Å²) in [7, 11) is 1.69. The molecule has 0 saturated heterocycles. The van der Waals surface area contributed by atoms with Crippen molar-refractivity contribution in [2.45, 2.75) is 51.6 Å². The van der Waals surface area contributed by atoms with Crippen LogP contribution in [0, 0.1) is 0 Å². The Morgan fingerprint density at radius 1 is 1.48 bits per heavy atom.